The zero-order chi connectivity index (χ0) is 16.3. The Labute approximate surface area is 128 Å². The van der Waals surface area contributed by atoms with E-state index in [1.807, 2.05) is 0 Å². The molecular weight excluding hydrogens is 288 g/mol. The fourth-order valence-corrected chi connectivity index (χ4v) is 2.68. The van der Waals surface area contributed by atoms with E-state index in [1.165, 1.54) is 22.9 Å². The van der Waals surface area contributed by atoms with E-state index >= 15 is 0 Å². The summed E-state index contributed by atoms with van der Waals surface area (Å²) in [6, 6.07) is 2.76. The number of pyridine rings is 1. The van der Waals surface area contributed by atoms with Gasteiger partial charge in [-0.1, -0.05) is 0 Å². The van der Waals surface area contributed by atoms with Crippen molar-refractivity contribution in [1.29, 1.82) is 0 Å². The average Bonchev–Trinajstić information content (AvgIpc) is 2.93. The average molecular weight is 310 g/mol. The van der Waals surface area contributed by atoms with Gasteiger partial charge in [-0.3, -0.25) is 9.59 Å². The first-order valence-corrected chi connectivity index (χ1v) is 7.30. The molecule has 7 heteroatoms. The molecule has 1 atom stereocenters. The molecule has 7 nitrogen and oxygen atoms in total. The normalized spacial score (nSPS) is 18.5. The lowest BCUT2D eigenvalue weighted by Gasteiger charge is -2.24. The van der Waals surface area contributed by atoms with Gasteiger partial charge in [-0.05, 0) is 19.4 Å². The fourth-order valence-electron chi connectivity index (χ4n) is 2.68. The zero-order valence-corrected chi connectivity index (χ0v) is 12.6. The third kappa shape index (κ3) is 3.37. The highest BCUT2D eigenvalue weighted by molar-refractivity contribution is 5.94. The van der Waals surface area contributed by atoms with Crippen LogP contribution in [0.5, 0.6) is 0 Å². The summed E-state index contributed by atoms with van der Waals surface area (Å²) in [6.07, 6.45) is 1.29. The van der Waals surface area contributed by atoms with Gasteiger partial charge < -0.3 is 24.8 Å². The topological polar surface area (TPSA) is 103 Å². The Morgan fingerprint density at radius 2 is 2.05 bits per heavy atom. The van der Waals surface area contributed by atoms with E-state index in [0.717, 1.165) is 0 Å². The maximum atomic E-state index is 12.5. The number of hydrogen-bond donors (Lipinski definition) is 3. The first-order chi connectivity index (χ1) is 10.4. The summed E-state index contributed by atoms with van der Waals surface area (Å²) < 4.78 is 1.30. The molecule has 1 aliphatic heterocycles. The van der Waals surface area contributed by atoms with E-state index < -0.39 is 11.5 Å². The number of rotatable bonds is 5. The molecule has 1 aromatic rings. The fraction of sp³-hybridized carbons (Fsp3) is 0.600. The maximum absolute atomic E-state index is 12.5. The van der Waals surface area contributed by atoms with Crippen LogP contribution in [0.15, 0.2) is 23.1 Å². The van der Waals surface area contributed by atoms with Crippen molar-refractivity contribution < 1.29 is 20.1 Å². The number of carbonyl (C=O) groups is 1. The van der Waals surface area contributed by atoms with E-state index in [2.05, 4.69) is 0 Å². The van der Waals surface area contributed by atoms with Gasteiger partial charge in [0.1, 0.15) is 0 Å². The van der Waals surface area contributed by atoms with Crippen LogP contribution in [0.1, 0.15) is 23.7 Å². The quantitative estimate of drug-likeness (QED) is 0.650. The minimum atomic E-state index is -0.689. The van der Waals surface area contributed by atoms with Crippen LogP contribution in [0, 0.1) is 5.41 Å². The molecule has 122 valence electrons. The van der Waals surface area contributed by atoms with Gasteiger partial charge in [0.05, 0.1) is 31.4 Å². The largest absolute Gasteiger partial charge is 0.396 e. The van der Waals surface area contributed by atoms with Crippen LogP contribution in [0.3, 0.4) is 0 Å². The van der Waals surface area contributed by atoms with E-state index in [4.69, 9.17) is 0 Å². The minimum absolute atomic E-state index is 0.122. The van der Waals surface area contributed by atoms with Crippen LogP contribution in [-0.4, -0.2) is 63.1 Å². The van der Waals surface area contributed by atoms with Crippen LogP contribution in [0.4, 0.5) is 0 Å². The highest BCUT2D eigenvalue weighted by Crippen LogP contribution is 2.30. The van der Waals surface area contributed by atoms with Gasteiger partial charge >= 0.3 is 0 Å². The van der Waals surface area contributed by atoms with Gasteiger partial charge in [-0.15, -0.1) is 0 Å². The first kappa shape index (κ1) is 16.7. The molecule has 2 heterocycles. The maximum Gasteiger partial charge on any atom is 0.255 e. The van der Waals surface area contributed by atoms with Crippen molar-refractivity contribution in [2.24, 2.45) is 5.41 Å². The van der Waals surface area contributed by atoms with Crippen molar-refractivity contribution in [1.82, 2.24) is 9.47 Å². The molecule has 1 amide bonds. The molecule has 3 N–H and O–H groups in total. The molecule has 0 aliphatic carbocycles. The molecule has 1 saturated heterocycles. The molecule has 1 aromatic heterocycles. The van der Waals surface area contributed by atoms with Gasteiger partial charge in [0.2, 0.25) is 0 Å². The van der Waals surface area contributed by atoms with Gasteiger partial charge in [-0.25, -0.2) is 0 Å². The lowest BCUT2D eigenvalue weighted by Crippen LogP contribution is -2.36. The number of aliphatic hydroxyl groups excluding tert-OH is 3. The van der Waals surface area contributed by atoms with Gasteiger partial charge in [0.25, 0.3) is 11.5 Å². The van der Waals surface area contributed by atoms with Gasteiger partial charge in [-0.2, -0.15) is 0 Å². The number of hydrogen-bond acceptors (Lipinski definition) is 5. The van der Waals surface area contributed by atoms with Crippen LogP contribution in [0.2, 0.25) is 0 Å². The molecule has 1 aliphatic rings. The van der Waals surface area contributed by atoms with Crippen molar-refractivity contribution in [2.45, 2.75) is 26.0 Å². The third-order valence-electron chi connectivity index (χ3n) is 4.09. The SMILES string of the molecule is CC(O)Cn1cc(C(=O)N2CCC(CO)(CO)C2)ccc1=O. The number of likely N-dealkylation sites (tertiary alicyclic amines) is 1. The van der Waals surface area contributed by atoms with E-state index in [-0.39, 0.29) is 37.8 Å². The molecule has 1 fully saturated rings. The van der Waals surface area contributed by atoms with Crippen LogP contribution < -0.4 is 5.56 Å². The summed E-state index contributed by atoms with van der Waals surface area (Å²) in [5.41, 5.74) is -0.574. The molecule has 0 bridgehead atoms. The van der Waals surface area contributed by atoms with Crippen LogP contribution in [-0.2, 0) is 6.54 Å². The highest BCUT2D eigenvalue weighted by atomic mass is 16.3. The molecule has 0 saturated carbocycles. The lowest BCUT2D eigenvalue weighted by molar-refractivity contribution is 0.0547. The Bertz CT molecular complexity index is 592. The summed E-state index contributed by atoms with van der Waals surface area (Å²) in [5, 5.41) is 28.2. The number of aromatic nitrogens is 1. The van der Waals surface area contributed by atoms with Crippen molar-refractivity contribution >= 4 is 5.91 Å². The van der Waals surface area contributed by atoms with Crippen LogP contribution in [0.25, 0.3) is 0 Å². The summed E-state index contributed by atoms with van der Waals surface area (Å²) in [4.78, 5) is 25.8. The summed E-state index contributed by atoms with van der Waals surface area (Å²) in [7, 11) is 0. The molecule has 1 unspecified atom stereocenters. The molecule has 0 radical (unpaired) electrons. The van der Waals surface area contributed by atoms with Gasteiger partial charge in [0, 0.05) is 30.8 Å². The standard InChI is InChI=1S/C15H22N2O5/c1-11(20)6-17-7-12(2-3-13(17)21)14(22)16-5-4-15(8-16,9-18)10-19/h2-3,7,11,18-20H,4-6,8-10H2,1H3. The molecule has 0 spiro atoms. The summed E-state index contributed by atoms with van der Waals surface area (Å²) in [6.45, 7) is 2.09. The second-order valence-electron chi connectivity index (χ2n) is 6.05. The zero-order valence-electron chi connectivity index (χ0n) is 12.6. The van der Waals surface area contributed by atoms with E-state index in [9.17, 15) is 24.9 Å². The van der Waals surface area contributed by atoms with E-state index in [1.54, 1.807) is 11.8 Å². The van der Waals surface area contributed by atoms with Gasteiger partial charge in [0.15, 0.2) is 0 Å². The summed E-state index contributed by atoms with van der Waals surface area (Å²) >= 11 is 0. The second kappa shape index (κ2) is 6.60. The Morgan fingerprint density at radius 1 is 1.36 bits per heavy atom. The highest BCUT2D eigenvalue weighted by Gasteiger charge is 2.39. The number of carbonyl (C=O) groups excluding carboxylic acids is 1. The van der Waals surface area contributed by atoms with E-state index in [0.29, 0.717) is 18.5 Å². The lowest BCUT2D eigenvalue weighted by atomic mass is 9.89. The monoisotopic (exact) mass is 310 g/mol. The Balaban J connectivity index is 2.19. The Kier molecular flexibility index (Phi) is 5.00. The number of aliphatic hydroxyl groups is 3. The van der Waals surface area contributed by atoms with Crippen molar-refractivity contribution in [3.63, 3.8) is 0 Å². The van der Waals surface area contributed by atoms with Crippen molar-refractivity contribution in [3.8, 4) is 0 Å². The van der Waals surface area contributed by atoms with Crippen molar-refractivity contribution in [3.05, 3.63) is 34.2 Å². The number of amides is 1. The summed E-state index contributed by atoms with van der Waals surface area (Å²) in [5.74, 6) is -0.247. The Morgan fingerprint density at radius 3 is 2.59 bits per heavy atom. The van der Waals surface area contributed by atoms with Crippen molar-refractivity contribution in [2.75, 3.05) is 26.3 Å². The predicted molar refractivity (Wildman–Crippen MR) is 79.5 cm³/mol. The predicted octanol–water partition coefficient (Wildman–Crippen LogP) is -0.954. The first-order valence-electron chi connectivity index (χ1n) is 7.30. The second-order valence-corrected chi connectivity index (χ2v) is 6.05. The number of nitrogens with zero attached hydrogens (tertiary/aromatic N) is 2. The van der Waals surface area contributed by atoms with Crippen LogP contribution >= 0.6 is 0 Å². The smallest absolute Gasteiger partial charge is 0.255 e. The molecule has 22 heavy (non-hydrogen) atoms. The molecular formula is C15H22N2O5. The molecule has 0 aromatic carbocycles. The third-order valence-corrected chi connectivity index (χ3v) is 4.09. The Hall–Kier alpha value is -1.70. The molecule has 2 rings (SSSR count). The minimum Gasteiger partial charge on any atom is -0.396 e.